The molecule has 1 aliphatic heterocycles. The van der Waals surface area contributed by atoms with Crippen molar-refractivity contribution >= 4 is 34.8 Å². The van der Waals surface area contributed by atoms with Gasteiger partial charge in [-0.1, -0.05) is 11.6 Å². The van der Waals surface area contributed by atoms with E-state index in [9.17, 15) is 14.0 Å². The highest BCUT2D eigenvalue weighted by Crippen LogP contribution is 2.38. The number of ether oxygens (including phenoxy) is 2. The largest absolute Gasteiger partial charge is 0.486 e. The first kappa shape index (κ1) is 18.0. The number of anilines is 2. The molecular weight excluding hydrogens is 363 g/mol. The second-order valence-electron chi connectivity index (χ2n) is 5.70. The molecule has 2 amide bonds. The van der Waals surface area contributed by atoms with Gasteiger partial charge in [-0.15, -0.1) is 0 Å². The Morgan fingerprint density at radius 1 is 1.15 bits per heavy atom. The van der Waals surface area contributed by atoms with Gasteiger partial charge in [0.1, 0.15) is 19.0 Å². The van der Waals surface area contributed by atoms with Crippen molar-refractivity contribution in [3.05, 3.63) is 46.7 Å². The van der Waals surface area contributed by atoms with E-state index in [4.69, 9.17) is 21.1 Å². The van der Waals surface area contributed by atoms with Crippen LogP contribution in [0.15, 0.2) is 30.3 Å². The Bertz CT molecular complexity index is 873. The number of hydrogen-bond donors (Lipinski definition) is 2. The maximum atomic E-state index is 13.9. The highest BCUT2D eigenvalue weighted by Gasteiger charge is 2.18. The fourth-order valence-electron chi connectivity index (χ4n) is 2.55. The number of rotatable bonds is 4. The average molecular weight is 379 g/mol. The SMILES string of the molecule is CC(=O)Nc1ccc(F)c(NC(=O)Cc2cc(Cl)c3c(c2)OCCO3)c1. The first-order valence-corrected chi connectivity index (χ1v) is 8.25. The van der Waals surface area contributed by atoms with E-state index in [-0.39, 0.29) is 18.0 Å². The molecular formula is C18H16ClFN2O4. The van der Waals surface area contributed by atoms with E-state index in [1.807, 2.05) is 0 Å². The van der Waals surface area contributed by atoms with Crippen LogP contribution in [0.2, 0.25) is 5.02 Å². The van der Waals surface area contributed by atoms with Crippen LogP contribution in [0, 0.1) is 5.82 Å². The molecule has 0 atom stereocenters. The van der Waals surface area contributed by atoms with Crippen molar-refractivity contribution in [1.29, 1.82) is 0 Å². The molecule has 2 aromatic carbocycles. The summed E-state index contributed by atoms with van der Waals surface area (Å²) in [7, 11) is 0. The van der Waals surface area contributed by atoms with Gasteiger partial charge in [-0.05, 0) is 35.9 Å². The molecule has 26 heavy (non-hydrogen) atoms. The summed E-state index contributed by atoms with van der Waals surface area (Å²) >= 11 is 6.15. The summed E-state index contributed by atoms with van der Waals surface area (Å²) in [6, 6.07) is 7.21. The van der Waals surface area contributed by atoms with E-state index < -0.39 is 11.7 Å². The lowest BCUT2D eigenvalue weighted by Gasteiger charge is -2.20. The van der Waals surface area contributed by atoms with Gasteiger partial charge in [-0.25, -0.2) is 4.39 Å². The highest BCUT2D eigenvalue weighted by molar-refractivity contribution is 6.32. The number of nitrogens with one attached hydrogen (secondary N) is 2. The van der Waals surface area contributed by atoms with Crippen LogP contribution >= 0.6 is 11.6 Å². The molecule has 0 saturated heterocycles. The van der Waals surface area contributed by atoms with Crippen LogP contribution in [0.4, 0.5) is 15.8 Å². The zero-order chi connectivity index (χ0) is 18.7. The summed E-state index contributed by atoms with van der Waals surface area (Å²) in [6.07, 6.45) is -0.0276. The lowest BCUT2D eigenvalue weighted by atomic mass is 10.1. The van der Waals surface area contributed by atoms with E-state index in [1.165, 1.54) is 25.1 Å². The van der Waals surface area contributed by atoms with Gasteiger partial charge in [-0.2, -0.15) is 0 Å². The predicted molar refractivity (Wildman–Crippen MR) is 95.5 cm³/mol. The van der Waals surface area contributed by atoms with Crippen molar-refractivity contribution < 1.29 is 23.5 Å². The third kappa shape index (κ3) is 4.23. The van der Waals surface area contributed by atoms with Crippen LogP contribution < -0.4 is 20.1 Å². The predicted octanol–water partition coefficient (Wildman–Crippen LogP) is 3.39. The topological polar surface area (TPSA) is 76.7 Å². The Balaban J connectivity index is 1.73. The first-order valence-electron chi connectivity index (χ1n) is 7.87. The Kier molecular flexibility index (Phi) is 5.27. The van der Waals surface area contributed by atoms with Crippen molar-refractivity contribution in [2.45, 2.75) is 13.3 Å². The molecule has 0 unspecified atom stereocenters. The summed E-state index contributed by atoms with van der Waals surface area (Å²) in [5, 5.41) is 5.37. The third-order valence-corrected chi connectivity index (χ3v) is 3.86. The monoisotopic (exact) mass is 378 g/mol. The van der Waals surface area contributed by atoms with Gasteiger partial charge >= 0.3 is 0 Å². The van der Waals surface area contributed by atoms with Gasteiger partial charge in [0.2, 0.25) is 11.8 Å². The second kappa shape index (κ2) is 7.61. The number of fused-ring (bicyclic) bond motifs is 1. The van der Waals surface area contributed by atoms with Gasteiger partial charge in [0.05, 0.1) is 17.1 Å². The number of amides is 2. The lowest BCUT2D eigenvalue weighted by molar-refractivity contribution is -0.116. The smallest absolute Gasteiger partial charge is 0.228 e. The fourth-order valence-corrected chi connectivity index (χ4v) is 2.84. The van der Waals surface area contributed by atoms with E-state index in [1.54, 1.807) is 12.1 Å². The van der Waals surface area contributed by atoms with Crippen LogP contribution in [0.5, 0.6) is 11.5 Å². The van der Waals surface area contributed by atoms with Gasteiger partial charge < -0.3 is 20.1 Å². The number of hydrogen-bond acceptors (Lipinski definition) is 4. The minimum absolute atomic E-state index is 0.0232. The molecule has 0 saturated carbocycles. The lowest BCUT2D eigenvalue weighted by Crippen LogP contribution is -2.18. The van der Waals surface area contributed by atoms with Crippen molar-refractivity contribution in [1.82, 2.24) is 0 Å². The minimum Gasteiger partial charge on any atom is -0.486 e. The zero-order valence-corrected chi connectivity index (χ0v) is 14.7. The highest BCUT2D eigenvalue weighted by atomic mass is 35.5. The van der Waals surface area contributed by atoms with Crippen LogP contribution in [0.1, 0.15) is 12.5 Å². The fraction of sp³-hybridized carbons (Fsp3) is 0.222. The summed E-state index contributed by atoms with van der Waals surface area (Å²) in [4.78, 5) is 23.4. The van der Waals surface area contributed by atoms with Crippen LogP contribution in [-0.2, 0) is 16.0 Å². The summed E-state index contributed by atoms with van der Waals surface area (Å²) in [5.74, 6) is -0.398. The third-order valence-electron chi connectivity index (χ3n) is 3.58. The summed E-state index contributed by atoms with van der Waals surface area (Å²) < 4.78 is 24.8. The van der Waals surface area contributed by atoms with Gasteiger partial charge in [0.25, 0.3) is 0 Å². The molecule has 0 bridgehead atoms. The van der Waals surface area contributed by atoms with Gasteiger partial charge in [0, 0.05) is 12.6 Å². The standard InChI is InChI=1S/C18H16ClFN2O4/c1-10(23)21-12-2-3-14(20)15(9-12)22-17(24)8-11-6-13(19)18-16(7-11)25-4-5-26-18/h2-3,6-7,9H,4-5,8H2,1H3,(H,21,23)(H,22,24). The van der Waals surface area contributed by atoms with E-state index in [0.717, 1.165) is 0 Å². The minimum atomic E-state index is -0.604. The Morgan fingerprint density at radius 3 is 2.69 bits per heavy atom. The van der Waals surface area contributed by atoms with Gasteiger partial charge in [-0.3, -0.25) is 9.59 Å². The average Bonchev–Trinajstić information content (AvgIpc) is 2.57. The van der Waals surface area contributed by atoms with E-state index >= 15 is 0 Å². The molecule has 2 N–H and O–H groups in total. The molecule has 3 rings (SSSR count). The Hall–Kier alpha value is -2.80. The maximum Gasteiger partial charge on any atom is 0.228 e. The van der Waals surface area contributed by atoms with Crippen molar-refractivity contribution in [3.63, 3.8) is 0 Å². The first-order chi connectivity index (χ1) is 12.4. The van der Waals surface area contributed by atoms with Gasteiger partial charge in [0.15, 0.2) is 11.5 Å². The molecule has 0 spiro atoms. The molecule has 8 heteroatoms. The normalized spacial score (nSPS) is 12.4. The number of carbonyl (C=O) groups excluding carboxylic acids is 2. The number of halogens is 2. The number of benzene rings is 2. The molecule has 136 valence electrons. The van der Waals surface area contributed by atoms with Crippen molar-refractivity contribution in [3.8, 4) is 11.5 Å². The second-order valence-corrected chi connectivity index (χ2v) is 6.11. The summed E-state index contributed by atoms with van der Waals surface area (Å²) in [5.41, 5.74) is 0.969. The molecule has 1 aliphatic rings. The number of carbonyl (C=O) groups is 2. The summed E-state index contributed by atoms with van der Waals surface area (Å²) in [6.45, 7) is 2.16. The molecule has 1 heterocycles. The van der Waals surface area contributed by atoms with Crippen LogP contribution in [0.25, 0.3) is 0 Å². The molecule has 0 aromatic heterocycles. The van der Waals surface area contributed by atoms with E-state index in [0.29, 0.717) is 41.0 Å². The van der Waals surface area contributed by atoms with Crippen LogP contribution in [-0.4, -0.2) is 25.0 Å². The molecule has 2 aromatic rings. The molecule has 0 radical (unpaired) electrons. The molecule has 0 fully saturated rings. The zero-order valence-electron chi connectivity index (χ0n) is 13.9. The Labute approximate surface area is 154 Å². The quantitative estimate of drug-likeness (QED) is 0.855. The maximum absolute atomic E-state index is 13.9. The van der Waals surface area contributed by atoms with Crippen molar-refractivity contribution in [2.75, 3.05) is 23.8 Å². The Morgan fingerprint density at radius 2 is 1.92 bits per heavy atom. The van der Waals surface area contributed by atoms with Crippen molar-refractivity contribution in [2.24, 2.45) is 0 Å². The van der Waals surface area contributed by atoms with Crippen LogP contribution in [0.3, 0.4) is 0 Å². The molecule has 6 nitrogen and oxygen atoms in total. The van der Waals surface area contributed by atoms with E-state index in [2.05, 4.69) is 10.6 Å². The molecule has 0 aliphatic carbocycles.